The molecular weight excluding hydrogens is 286 g/mol. The first-order valence-corrected chi connectivity index (χ1v) is 7.47. The average Bonchev–Trinajstić information content (AvgIpc) is 3.08. The zero-order valence-electron chi connectivity index (χ0n) is 12.0. The van der Waals surface area contributed by atoms with Crippen molar-refractivity contribution in [2.45, 2.75) is 19.9 Å². The van der Waals surface area contributed by atoms with Crippen molar-refractivity contribution in [1.29, 1.82) is 0 Å². The zero-order chi connectivity index (χ0) is 15.2. The summed E-state index contributed by atoms with van der Waals surface area (Å²) in [6.07, 6.45) is 0.443. The predicted octanol–water partition coefficient (Wildman–Crippen LogP) is 2.66. The molecule has 0 bridgehead atoms. The van der Waals surface area contributed by atoms with E-state index in [1.807, 2.05) is 19.1 Å². The number of hydrogen-bond donors (Lipinski definition) is 1. The molecule has 2 aromatic heterocycles. The van der Waals surface area contributed by atoms with Crippen LogP contribution in [0.3, 0.4) is 0 Å². The summed E-state index contributed by atoms with van der Waals surface area (Å²) >= 11 is 1.43. The molecule has 0 unspecified atom stereocenters. The van der Waals surface area contributed by atoms with E-state index in [0.29, 0.717) is 18.5 Å². The molecule has 0 aliphatic rings. The van der Waals surface area contributed by atoms with E-state index in [9.17, 15) is 4.79 Å². The highest BCUT2D eigenvalue weighted by molar-refractivity contribution is 7.10. The van der Waals surface area contributed by atoms with Gasteiger partial charge < -0.3 is 14.4 Å². The number of nitrogens with zero attached hydrogens (tertiary/aromatic N) is 1. The Morgan fingerprint density at radius 2 is 2.29 bits per heavy atom. The Morgan fingerprint density at radius 3 is 2.95 bits per heavy atom. The third-order valence-corrected chi connectivity index (χ3v) is 3.68. The first kappa shape index (κ1) is 15.4. The monoisotopic (exact) mass is 303 g/mol. The third-order valence-electron chi connectivity index (χ3n) is 2.83. The SMILES string of the molecule is Cc1ccc(CN(C)C(=O)c2csc(C#CCCO)c2)o1. The molecule has 0 fully saturated rings. The van der Waals surface area contributed by atoms with Gasteiger partial charge in [-0.2, -0.15) is 0 Å². The maximum Gasteiger partial charge on any atom is 0.254 e. The van der Waals surface area contributed by atoms with Crippen LogP contribution in [-0.4, -0.2) is 29.6 Å². The summed E-state index contributed by atoms with van der Waals surface area (Å²) in [5.41, 5.74) is 0.624. The van der Waals surface area contributed by atoms with Gasteiger partial charge in [0, 0.05) is 18.8 Å². The molecule has 2 rings (SSSR count). The van der Waals surface area contributed by atoms with Crippen LogP contribution in [0.1, 0.15) is 33.2 Å². The molecule has 0 aromatic carbocycles. The molecule has 5 heteroatoms. The predicted molar refractivity (Wildman–Crippen MR) is 82.1 cm³/mol. The Hall–Kier alpha value is -2.03. The topological polar surface area (TPSA) is 53.7 Å². The first-order chi connectivity index (χ1) is 10.1. The highest BCUT2D eigenvalue weighted by Gasteiger charge is 2.15. The van der Waals surface area contributed by atoms with Crippen LogP contribution in [-0.2, 0) is 6.54 Å². The first-order valence-electron chi connectivity index (χ1n) is 6.59. The molecule has 0 radical (unpaired) electrons. The fourth-order valence-electron chi connectivity index (χ4n) is 1.82. The lowest BCUT2D eigenvalue weighted by Crippen LogP contribution is -2.25. The largest absolute Gasteiger partial charge is 0.464 e. The highest BCUT2D eigenvalue weighted by Crippen LogP contribution is 2.17. The minimum absolute atomic E-state index is 0.0511. The van der Waals surface area contributed by atoms with Gasteiger partial charge in [-0.05, 0) is 25.1 Å². The minimum Gasteiger partial charge on any atom is -0.464 e. The summed E-state index contributed by atoms with van der Waals surface area (Å²) < 4.78 is 5.47. The van der Waals surface area contributed by atoms with Gasteiger partial charge in [0.1, 0.15) is 11.5 Å². The number of aliphatic hydroxyl groups excluding tert-OH is 1. The van der Waals surface area contributed by atoms with Crippen LogP contribution in [0.25, 0.3) is 0 Å². The number of amides is 1. The van der Waals surface area contributed by atoms with Crippen molar-refractivity contribution in [3.05, 3.63) is 45.5 Å². The molecule has 0 spiro atoms. The van der Waals surface area contributed by atoms with Crippen LogP contribution in [0, 0.1) is 18.8 Å². The number of furan rings is 1. The van der Waals surface area contributed by atoms with E-state index in [0.717, 1.165) is 16.4 Å². The molecule has 2 aromatic rings. The van der Waals surface area contributed by atoms with Crippen molar-refractivity contribution < 1.29 is 14.3 Å². The lowest BCUT2D eigenvalue weighted by Gasteiger charge is -2.14. The standard InChI is InChI=1S/C16H17NO3S/c1-12-6-7-14(20-12)10-17(2)16(19)13-9-15(21-11-13)5-3-4-8-18/h6-7,9,11,18H,4,8,10H2,1-2H3. The number of aryl methyl sites for hydroxylation is 1. The number of carbonyl (C=O) groups excluding carboxylic acids is 1. The smallest absolute Gasteiger partial charge is 0.254 e. The second kappa shape index (κ2) is 7.11. The van der Waals surface area contributed by atoms with Gasteiger partial charge in [0.05, 0.1) is 23.6 Å². The fourth-order valence-corrected chi connectivity index (χ4v) is 2.56. The van der Waals surface area contributed by atoms with E-state index >= 15 is 0 Å². The molecule has 1 amide bonds. The molecule has 0 aliphatic carbocycles. The molecule has 0 saturated heterocycles. The summed E-state index contributed by atoms with van der Waals surface area (Å²) in [5.74, 6) is 7.32. The quantitative estimate of drug-likeness (QED) is 0.884. The molecular formula is C16H17NO3S. The van der Waals surface area contributed by atoms with E-state index in [-0.39, 0.29) is 12.5 Å². The van der Waals surface area contributed by atoms with Gasteiger partial charge >= 0.3 is 0 Å². The Morgan fingerprint density at radius 1 is 1.48 bits per heavy atom. The second-order valence-electron chi connectivity index (χ2n) is 4.65. The van der Waals surface area contributed by atoms with Crippen molar-refractivity contribution in [1.82, 2.24) is 4.90 Å². The Bertz CT molecular complexity index is 675. The summed E-state index contributed by atoms with van der Waals surface area (Å²) in [6.45, 7) is 2.37. The van der Waals surface area contributed by atoms with E-state index in [2.05, 4.69) is 11.8 Å². The molecule has 110 valence electrons. The number of rotatable bonds is 4. The van der Waals surface area contributed by atoms with Crippen molar-refractivity contribution in [2.24, 2.45) is 0 Å². The van der Waals surface area contributed by atoms with Gasteiger partial charge in [-0.3, -0.25) is 4.79 Å². The van der Waals surface area contributed by atoms with Gasteiger partial charge in [-0.1, -0.05) is 11.8 Å². The normalized spacial score (nSPS) is 10.0. The Balaban J connectivity index is 2.01. The van der Waals surface area contributed by atoms with Crippen LogP contribution >= 0.6 is 11.3 Å². The van der Waals surface area contributed by atoms with Crippen LogP contribution in [0.4, 0.5) is 0 Å². The maximum atomic E-state index is 12.3. The number of thiophene rings is 1. The van der Waals surface area contributed by atoms with E-state index < -0.39 is 0 Å². The van der Waals surface area contributed by atoms with Crippen molar-refractivity contribution in [3.8, 4) is 11.8 Å². The van der Waals surface area contributed by atoms with Gasteiger partial charge in [0.25, 0.3) is 5.91 Å². The fraction of sp³-hybridized carbons (Fsp3) is 0.312. The van der Waals surface area contributed by atoms with Gasteiger partial charge in [0.15, 0.2) is 0 Å². The second-order valence-corrected chi connectivity index (χ2v) is 5.56. The van der Waals surface area contributed by atoms with Crippen LogP contribution in [0.2, 0.25) is 0 Å². The van der Waals surface area contributed by atoms with Gasteiger partial charge in [-0.15, -0.1) is 11.3 Å². The molecule has 4 nitrogen and oxygen atoms in total. The molecule has 2 heterocycles. The minimum atomic E-state index is -0.0597. The third kappa shape index (κ3) is 4.22. The number of aliphatic hydroxyl groups is 1. The molecule has 0 atom stereocenters. The van der Waals surface area contributed by atoms with E-state index in [1.165, 1.54) is 11.3 Å². The average molecular weight is 303 g/mol. The van der Waals surface area contributed by atoms with Crippen LogP contribution < -0.4 is 0 Å². The molecule has 0 saturated carbocycles. The summed E-state index contributed by atoms with van der Waals surface area (Å²) in [6, 6.07) is 5.53. The van der Waals surface area contributed by atoms with E-state index in [4.69, 9.17) is 9.52 Å². The summed E-state index contributed by atoms with van der Waals surface area (Å²) in [5, 5.41) is 10.5. The highest BCUT2D eigenvalue weighted by atomic mass is 32.1. The zero-order valence-corrected chi connectivity index (χ0v) is 12.9. The molecule has 1 N–H and O–H groups in total. The van der Waals surface area contributed by atoms with Gasteiger partial charge in [0.2, 0.25) is 0 Å². The molecule has 0 aliphatic heterocycles. The Labute approximate surface area is 128 Å². The number of hydrogen-bond acceptors (Lipinski definition) is 4. The van der Waals surface area contributed by atoms with Crippen molar-refractivity contribution in [3.63, 3.8) is 0 Å². The maximum absolute atomic E-state index is 12.3. The lowest BCUT2D eigenvalue weighted by molar-refractivity contribution is 0.0775. The summed E-state index contributed by atoms with van der Waals surface area (Å²) in [4.78, 5) is 14.7. The number of carbonyl (C=O) groups is 1. The molecule has 21 heavy (non-hydrogen) atoms. The Kier molecular flexibility index (Phi) is 5.20. The van der Waals surface area contributed by atoms with Crippen molar-refractivity contribution in [2.75, 3.05) is 13.7 Å². The van der Waals surface area contributed by atoms with Gasteiger partial charge in [-0.25, -0.2) is 0 Å². The van der Waals surface area contributed by atoms with Crippen LogP contribution in [0.15, 0.2) is 28.0 Å². The lowest BCUT2D eigenvalue weighted by atomic mass is 10.2. The van der Waals surface area contributed by atoms with E-state index in [1.54, 1.807) is 23.4 Å². The summed E-state index contributed by atoms with van der Waals surface area (Å²) in [7, 11) is 1.75. The van der Waals surface area contributed by atoms with Crippen LogP contribution in [0.5, 0.6) is 0 Å². The van der Waals surface area contributed by atoms with Crippen molar-refractivity contribution >= 4 is 17.2 Å².